The first-order valence-electron chi connectivity index (χ1n) is 9.36. The second-order valence-electron chi connectivity index (χ2n) is 6.66. The topological polar surface area (TPSA) is 75.9 Å². The van der Waals surface area contributed by atoms with Crippen LogP contribution < -0.4 is 4.74 Å². The van der Waals surface area contributed by atoms with E-state index in [9.17, 15) is 8.42 Å². The van der Waals surface area contributed by atoms with Gasteiger partial charge in [0.05, 0.1) is 18.0 Å². The molecule has 3 aromatic rings. The Balaban J connectivity index is 1.38. The molecule has 1 aromatic heterocycles. The lowest BCUT2D eigenvalue weighted by Crippen LogP contribution is -2.48. The van der Waals surface area contributed by atoms with Crippen molar-refractivity contribution < 1.29 is 17.6 Å². The highest BCUT2D eigenvalue weighted by Gasteiger charge is 2.29. The molecular formula is C20H23N3O4S. The van der Waals surface area contributed by atoms with E-state index in [2.05, 4.69) is 9.88 Å². The lowest BCUT2D eigenvalue weighted by Gasteiger charge is -2.33. The highest BCUT2D eigenvalue weighted by Crippen LogP contribution is 2.22. The number of hydrogen-bond acceptors (Lipinski definition) is 6. The van der Waals surface area contributed by atoms with Crippen LogP contribution in [0.2, 0.25) is 0 Å². The Morgan fingerprint density at radius 1 is 1.04 bits per heavy atom. The lowest BCUT2D eigenvalue weighted by atomic mass is 10.3. The zero-order valence-electron chi connectivity index (χ0n) is 15.7. The van der Waals surface area contributed by atoms with Crippen molar-refractivity contribution in [3.05, 3.63) is 54.4 Å². The van der Waals surface area contributed by atoms with Gasteiger partial charge in [-0.15, -0.1) is 0 Å². The van der Waals surface area contributed by atoms with Crippen molar-refractivity contribution in [3.8, 4) is 5.75 Å². The van der Waals surface area contributed by atoms with Gasteiger partial charge in [-0.2, -0.15) is 4.31 Å². The van der Waals surface area contributed by atoms with Gasteiger partial charge in [0.15, 0.2) is 5.58 Å². The fourth-order valence-corrected chi connectivity index (χ4v) is 4.75. The van der Waals surface area contributed by atoms with E-state index >= 15 is 0 Å². The molecule has 1 saturated heterocycles. The molecule has 0 saturated carbocycles. The highest BCUT2D eigenvalue weighted by molar-refractivity contribution is 7.89. The number of fused-ring (bicyclic) bond motifs is 1. The predicted molar refractivity (Wildman–Crippen MR) is 106 cm³/mol. The zero-order valence-corrected chi connectivity index (χ0v) is 16.6. The summed E-state index contributed by atoms with van der Waals surface area (Å²) in [5.41, 5.74) is 1.61. The van der Waals surface area contributed by atoms with Gasteiger partial charge in [-0.1, -0.05) is 12.1 Å². The van der Waals surface area contributed by atoms with Gasteiger partial charge in [-0.05, 0) is 43.3 Å². The zero-order chi connectivity index (χ0) is 19.6. The van der Waals surface area contributed by atoms with E-state index in [0.29, 0.717) is 55.9 Å². The van der Waals surface area contributed by atoms with Crippen LogP contribution in [0.5, 0.6) is 5.75 Å². The van der Waals surface area contributed by atoms with E-state index in [1.54, 1.807) is 24.3 Å². The minimum atomic E-state index is -3.50. The fourth-order valence-electron chi connectivity index (χ4n) is 3.33. The van der Waals surface area contributed by atoms with Crippen LogP contribution in [0, 0.1) is 0 Å². The summed E-state index contributed by atoms with van der Waals surface area (Å²) in [6.07, 6.45) is 0. The Bertz CT molecular complexity index is 1010. The molecule has 1 fully saturated rings. The number of aromatic nitrogens is 1. The molecule has 0 radical (unpaired) electrons. The van der Waals surface area contributed by atoms with Gasteiger partial charge in [0.25, 0.3) is 0 Å². The van der Waals surface area contributed by atoms with Crippen molar-refractivity contribution >= 4 is 21.1 Å². The summed E-state index contributed by atoms with van der Waals surface area (Å²) in [5.74, 6) is 1.33. The molecule has 0 aliphatic carbocycles. The molecule has 0 bridgehead atoms. The first-order chi connectivity index (χ1) is 13.6. The summed E-state index contributed by atoms with van der Waals surface area (Å²) in [6.45, 7) is 5.17. The van der Waals surface area contributed by atoms with Gasteiger partial charge in [0.2, 0.25) is 15.9 Å². The number of oxazole rings is 1. The van der Waals surface area contributed by atoms with E-state index in [4.69, 9.17) is 9.15 Å². The fraction of sp³-hybridized carbons (Fsp3) is 0.350. The summed E-state index contributed by atoms with van der Waals surface area (Å²) < 4.78 is 38.4. The molecule has 0 amide bonds. The van der Waals surface area contributed by atoms with E-state index in [-0.39, 0.29) is 0 Å². The van der Waals surface area contributed by atoms with Crippen molar-refractivity contribution in [2.75, 3.05) is 32.8 Å². The largest absolute Gasteiger partial charge is 0.494 e. The van der Waals surface area contributed by atoms with Crippen molar-refractivity contribution in [2.45, 2.75) is 18.4 Å². The SMILES string of the molecule is CCOc1ccc(S(=O)(=O)N2CCN(Cc3nc4ccccc4o3)CC2)cc1. The van der Waals surface area contributed by atoms with E-state index < -0.39 is 10.0 Å². The third kappa shape index (κ3) is 3.89. The van der Waals surface area contributed by atoms with Gasteiger partial charge in [0.1, 0.15) is 11.3 Å². The molecule has 1 aliphatic rings. The molecule has 4 rings (SSSR count). The number of ether oxygens (including phenoxy) is 1. The minimum absolute atomic E-state index is 0.295. The molecule has 0 N–H and O–H groups in total. The maximum absolute atomic E-state index is 12.9. The third-order valence-electron chi connectivity index (χ3n) is 4.80. The molecule has 8 heteroatoms. The molecule has 1 aliphatic heterocycles. The van der Waals surface area contributed by atoms with Crippen LogP contribution in [-0.2, 0) is 16.6 Å². The Morgan fingerprint density at radius 2 is 1.75 bits per heavy atom. The van der Waals surface area contributed by atoms with Crippen molar-refractivity contribution in [1.29, 1.82) is 0 Å². The predicted octanol–water partition coefficient (Wildman–Crippen LogP) is 2.73. The van der Waals surface area contributed by atoms with Crippen LogP contribution in [-0.4, -0.2) is 55.4 Å². The van der Waals surface area contributed by atoms with Gasteiger partial charge in [-0.25, -0.2) is 13.4 Å². The monoisotopic (exact) mass is 401 g/mol. The molecular weight excluding hydrogens is 378 g/mol. The standard InChI is InChI=1S/C20H23N3O4S/c1-2-26-16-7-9-17(10-8-16)28(24,25)23-13-11-22(12-14-23)15-20-21-18-5-3-4-6-19(18)27-20/h3-10H,2,11-15H2,1H3. The van der Waals surface area contributed by atoms with Crippen LogP contribution in [0.4, 0.5) is 0 Å². The second kappa shape index (κ2) is 7.90. The number of nitrogens with zero attached hydrogens (tertiary/aromatic N) is 3. The summed E-state index contributed by atoms with van der Waals surface area (Å²) in [5, 5.41) is 0. The molecule has 2 heterocycles. The van der Waals surface area contributed by atoms with E-state index in [0.717, 1.165) is 11.1 Å². The first kappa shape index (κ1) is 18.9. The number of sulfonamides is 1. The van der Waals surface area contributed by atoms with Crippen molar-refractivity contribution in [2.24, 2.45) is 0 Å². The van der Waals surface area contributed by atoms with E-state index in [1.807, 2.05) is 31.2 Å². The molecule has 148 valence electrons. The Kier molecular flexibility index (Phi) is 5.34. The van der Waals surface area contributed by atoms with E-state index in [1.165, 1.54) is 4.31 Å². The van der Waals surface area contributed by atoms with Crippen LogP contribution >= 0.6 is 0 Å². The second-order valence-corrected chi connectivity index (χ2v) is 8.60. The Labute approximate surface area is 164 Å². The maximum atomic E-state index is 12.9. The summed E-state index contributed by atoms with van der Waals surface area (Å²) in [4.78, 5) is 6.95. The summed E-state index contributed by atoms with van der Waals surface area (Å²) in [7, 11) is -3.50. The maximum Gasteiger partial charge on any atom is 0.243 e. The van der Waals surface area contributed by atoms with Gasteiger partial charge >= 0.3 is 0 Å². The summed E-state index contributed by atoms with van der Waals surface area (Å²) >= 11 is 0. The van der Waals surface area contributed by atoms with Crippen molar-refractivity contribution in [1.82, 2.24) is 14.2 Å². The third-order valence-corrected chi connectivity index (χ3v) is 6.71. The first-order valence-corrected chi connectivity index (χ1v) is 10.8. The smallest absolute Gasteiger partial charge is 0.243 e. The number of hydrogen-bond donors (Lipinski definition) is 0. The summed E-state index contributed by atoms with van der Waals surface area (Å²) in [6, 6.07) is 14.3. The quantitative estimate of drug-likeness (QED) is 0.632. The molecule has 0 unspecified atom stereocenters. The van der Waals surface area contributed by atoms with Crippen LogP contribution in [0.1, 0.15) is 12.8 Å². The molecule has 2 aromatic carbocycles. The average molecular weight is 401 g/mol. The van der Waals surface area contributed by atoms with Gasteiger partial charge in [-0.3, -0.25) is 4.90 Å². The minimum Gasteiger partial charge on any atom is -0.494 e. The highest BCUT2D eigenvalue weighted by atomic mass is 32.2. The number of benzene rings is 2. The number of para-hydroxylation sites is 2. The molecule has 7 nitrogen and oxygen atoms in total. The normalized spacial score (nSPS) is 16.5. The lowest BCUT2D eigenvalue weighted by molar-refractivity contribution is 0.169. The number of rotatable bonds is 6. The molecule has 0 spiro atoms. The number of piperazine rings is 1. The Hall–Kier alpha value is -2.42. The van der Waals surface area contributed by atoms with Crippen LogP contribution in [0.3, 0.4) is 0 Å². The van der Waals surface area contributed by atoms with Crippen molar-refractivity contribution in [3.63, 3.8) is 0 Å². The average Bonchev–Trinajstić information content (AvgIpc) is 3.11. The molecule has 0 atom stereocenters. The van der Waals surface area contributed by atoms with Gasteiger partial charge < -0.3 is 9.15 Å². The van der Waals surface area contributed by atoms with Crippen LogP contribution in [0.15, 0.2) is 57.8 Å². The molecule has 28 heavy (non-hydrogen) atoms. The van der Waals surface area contributed by atoms with Crippen LogP contribution in [0.25, 0.3) is 11.1 Å². The Morgan fingerprint density at radius 3 is 2.43 bits per heavy atom. The van der Waals surface area contributed by atoms with Gasteiger partial charge in [0, 0.05) is 26.2 Å².